The number of aliphatic hydroxyl groups is 3. The van der Waals surface area contributed by atoms with Crippen molar-refractivity contribution in [1.82, 2.24) is 0 Å². The van der Waals surface area contributed by atoms with Crippen molar-refractivity contribution in [2.45, 2.75) is 150 Å². The zero-order valence-electron chi connectivity index (χ0n) is 37.0. The van der Waals surface area contributed by atoms with Crippen molar-refractivity contribution in [3.8, 4) is 0 Å². The Morgan fingerprint density at radius 3 is 0.811 bits per heavy atom. The van der Waals surface area contributed by atoms with Gasteiger partial charge in [-0.3, -0.25) is 0 Å². The summed E-state index contributed by atoms with van der Waals surface area (Å²) in [5.41, 5.74) is 6.11. The molecule has 0 saturated heterocycles. The van der Waals surface area contributed by atoms with Gasteiger partial charge in [-0.1, -0.05) is 0 Å². The van der Waals surface area contributed by atoms with Crippen LogP contribution in [0.3, 0.4) is 0 Å². The zero-order chi connectivity index (χ0) is 41.5. The van der Waals surface area contributed by atoms with Gasteiger partial charge in [0.05, 0.1) is 0 Å². The first-order chi connectivity index (χ1) is 24.0. The van der Waals surface area contributed by atoms with Gasteiger partial charge in [0.25, 0.3) is 0 Å². The molecule has 0 bridgehead atoms. The van der Waals surface area contributed by atoms with Crippen LogP contribution in [-0.2, 0) is 20.4 Å². The molecule has 3 nitrogen and oxygen atoms in total. The standard InChI is InChI=1S/C36H51Si4.3C3H8O.Ti/c1-26-27(2)29(4)36(28(26)3)40(33-20-14-17-30(23-33)37(5,6)7,34-21-15-18-31(24-34)38(8,9)10)35-22-16-19-32(25-35)39(11,12)13;3*1-3(2)4;/h14-25H,1-13H3;3*3-4H,1-2H3;. The quantitative estimate of drug-likeness (QED) is 0.168. The Labute approximate surface area is 341 Å². The van der Waals surface area contributed by atoms with E-state index in [9.17, 15) is 0 Å². The van der Waals surface area contributed by atoms with Gasteiger partial charge in [-0.05, 0) is 41.5 Å². The Kier molecular flexibility index (Phi) is 18.4. The molecule has 0 amide bonds. The van der Waals surface area contributed by atoms with Crippen molar-refractivity contribution in [2.75, 3.05) is 0 Å². The van der Waals surface area contributed by atoms with Gasteiger partial charge in [-0.15, -0.1) is 0 Å². The van der Waals surface area contributed by atoms with Crippen molar-refractivity contribution in [2.24, 2.45) is 0 Å². The molecule has 3 N–H and O–H groups in total. The molecule has 0 fully saturated rings. The number of aliphatic hydroxyl groups excluding tert-OH is 3. The summed E-state index contributed by atoms with van der Waals surface area (Å²) in [5, 5.41) is 33.6. The molecule has 0 saturated carbocycles. The molecule has 8 heteroatoms. The third-order valence-corrected chi connectivity index (χ3v) is 24.3. The van der Waals surface area contributed by atoms with Gasteiger partial charge in [-0.25, -0.2) is 0 Å². The van der Waals surface area contributed by atoms with E-state index in [1.54, 1.807) is 83.8 Å². The summed E-state index contributed by atoms with van der Waals surface area (Å²) < 4.78 is -0.0741. The van der Waals surface area contributed by atoms with Crippen LogP contribution in [-0.4, -0.2) is 65.9 Å². The molecule has 0 radical (unpaired) electrons. The third kappa shape index (κ3) is 12.5. The van der Waals surface area contributed by atoms with Crippen LogP contribution in [0.2, 0.25) is 62.3 Å². The number of benzene rings is 3. The summed E-state index contributed by atoms with van der Waals surface area (Å²) in [7, 11) is -7.32. The molecule has 293 valence electrons. The summed E-state index contributed by atoms with van der Waals surface area (Å²) in [6, 6.07) is 29.9. The normalized spacial score (nSPS) is 14.8. The number of allylic oxidation sites excluding steroid dienone is 4. The van der Waals surface area contributed by atoms with Crippen LogP contribution < -0.4 is 31.1 Å². The van der Waals surface area contributed by atoms with Gasteiger partial charge in [0.1, 0.15) is 0 Å². The minimum absolute atomic E-state index is 0.0741. The zero-order valence-corrected chi connectivity index (χ0v) is 42.6. The molecule has 4 rings (SSSR count). The molecule has 1 aliphatic carbocycles. The van der Waals surface area contributed by atoms with Gasteiger partial charge >= 0.3 is 269 Å². The van der Waals surface area contributed by atoms with Gasteiger partial charge in [-0.2, -0.15) is 0 Å². The summed E-state index contributed by atoms with van der Waals surface area (Å²) in [4.78, 5) is 0. The van der Waals surface area contributed by atoms with E-state index in [0.29, 0.717) is 0 Å². The Morgan fingerprint density at radius 2 is 0.623 bits per heavy atom. The van der Waals surface area contributed by atoms with Crippen molar-refractivity contribution in [3.05, 3.63) is 95.1 Å². The molecular formula is C45H75O3Si4Ti. The molecule has 1 aliphatic rings. The molecule has 53 heavy (non-hydrogen) atoms. The van der Waals surface area contributed by atoms with Crippen molar-refractivity contribution in [1.29, 1.82) is 0 Å². The summed E-state index contributed by atoms with van der Waals surface area (Å²) >= 11 is 2.62. The van der Waals surface area contributed by atoms with Crippen LogP contribution in [0.4, 0.5) is 0 Å². The topological polar surface area (TPSA) is 60.7 Å². The van der Waals surface area contributed by atoms with Crippen LogP contribution in [0.15, 0.2) is 95.1 Å². The predicted molar refractivity (Wildman–Crippen MR) is 244 cm³/mol. The van der Waals surface area contributed by atoms with Crippen LogP contribution in [0.5, 0.6) is 0 Å². The van der Waals surface area contributed by atoms with E-state index < -0.39 is 32.3 Å². The molecule has 0 heterocycles. The molecule has 3 aromatic carbocycles. The first-order valence-electron chi connectivity index (χ1n) is 19.5. The molecule has 0 aromatic heterocycles. The first-order valence-corrected chi connectivity index (χ1v) is 32.7. The molecule has 3 aromatic rings. The van der Waals surface area contributed by atoms with Crippen LogP contribution >= 0.6 is 0 Å². The van der Waals surface area contributed by atoms with Gasteiger partial charge < -0.3 is 15.3 Å². The fraction of sp³-hybridized carbons (Fsp3) is 0.511. The SMILES string of the molecule is CC(C)O.CC(C)O.CC(C)O.CC1=C(C)[C]([Ti])([Si](c2cccc([Si](C)(C)C)c2)(c2cccc([Si](C)(C)C)c2)c2cccc([Si](C)(C)C)c2)C(C)=C1C. The summed E-state index contributed by atoms with van der Waals surface area (Å²) in [6.07, 6.45) is -0.500. The van der Waals surface area contributed by atoms with Crippen molar-refractivity contribution < 1.29 is 35.8 Å². The Morgan fingerprint density at radius 1 is 0.434 bits per heavy atom. The summed E-state index contributed by atoms with van der Waals surface area (Å²) in [5.74, 6) is 0. The van der Waals surface area contributed by atoms with E-state index in [4.69, 9.17) is 15.3 Å². The molecule has 0 spiro atoms. The second-order valence-electron chi connectivity index (χ2n) is 18.8. The van der Waals surface area contributed by atoms with Crippen LogP contribution in [0.25, 0.3) is 0 Å². The minimum atomic E-state index is -2.70. The van der Waals surface area contributed by atoms with E-state index in [1.807, 2.05) is 0 Å². The van der Waals surface area contributed by atoms with E-state index in [-0.39, 0.29) is 21.7 Å². The van der Waals surface area contributed by atoms with Crippen LogP contribution in [0, 0.1) is 0 Å². The second kappa shape index (κ2) is 19.6. The average Bonchev–Trinajstić information content (AvgIpc) is 3.15. The van der Waals surface area contributed by atoms with E-state index >= 15 is 0 Å². The predicted octanol–water partition coefficient (Wildman–Crippen LogP) is 7.88. The monoisotopic (exact) mass is 823 g/mol. The Bertz CT molecular complexity index is 1520. The van der Waals surface area contributed by atoms with Gasteiger partial charge in [0, 0.05) is 18.3 Å². The van der Waals surface area contributed by atoms with Gasteiger partial charge in [0.15, 0.2) is 0 Å². The average molecular weight is 824 g/mol. The first kappa shape index (κ1) is 49.6. The maximum atomic E-state index is 8.06. The van der Waals surface area contributed by atoms with E-state index in [2.05, 4.69) is 180 Å². The van der Waals surface area contributed by atoms with E-state index in [1.165, 1.54) is 11.1 Å². The molecule has 0 atom stereocenters. The van der Waals surface area contributed by atoms with Crippen molar-refractivity contribution in [3.63, 3.8) is 0 Å². The third-order valence-electron chi connectivity index (χ3n) is 9.86. The van der Waals surface area contributed by atoms with E-state index in [0.717, 1.165) is 0 Å². The fourth-order valence-electron chi connectivity index (χ4n) is 6.78. The number of rotatable bonds is 7. The Balaban J connectivity index is 0.00000102. The Hall–Kier alpha value is -1.40. The maximum absolute atomic E-state index is 8.06. The van der Waals surface area contributed by atoms with Gasteiger partial charge in [0.2, 0.25) is 0 Å². The molecular weight excluding hydrogens is 749 g/mol. The molecule has 0 aliphatic heterocycles. The fourth-order valence-corrected chi connectivity index (χ4v) is 19.3. The molecule has 0 unspecified atom stereocenters. The second-order valence-corrected chi connectivity index (χ2v) is 39.9. The summed E-state index contributed by atoms with van der Waals surface area (Å²) in [6.45, 7) is 42.4. The van der Waals surface area contributed by atoms with Crippen molar-refractivity contribution >= 4 is 63.4 Å². The number of hydrogen-bond acceptors (Lipinski definition) is 3. The van der Waals surface area contributed by atoms with Crippen LogP contribution in [0.1, 0.15) is 69.2 Å². The number of hydrogen-bond donors (Lipinski definition) is 3.